The molecule has 1 saturated heterocycles. The second-order valence-corrected chi connectivity index (χ2v) is 4.13. The molecular formula is C10H17N3O3. The zero-order valence-corrected chi connectivity index (χ0v) is 9.55. The molecule has 0 spiro atoms. The summed E-state index contributed by atoms with van der Waals surface area (Å²) in [5.41, 5.74) is 5.80. The molecule has 0 aliphatic carbocycles. The molecule has 1 aromatic heterocycles. The summed E-state index contributed by atoms with van der Waals surface area (Å²) < 4.78 is 15.6. The van der Waals surface area contributed by atoms with Crippen molar-refractivity contribution in [2.24, 2.45) is 5.73 Å². The molecule has 1 aliphatic heterocycles. The van der Waals surface area contributed by atoms with Crippen LogP contribution in [0.5, 0.6) is 0 Å². The summed E-state index contributed by atoms with van der Waals surface area (Å²) in [6, 6.07) is -0.331. The first-order valence-electron chi connectivity index (χ1n) is 5.40. The summed E-state index contributed by atoms with van der Waals surface area (Å²) in [7, 11) is 1.59. The molecule has 3 atom stereocenters. The van der Waals surface area contributed by atoms with Crippen molar-refractivity contribution in [1.29, 1.82) is 0 Å². The normalized spacial score (nSPS) is 27.2. The maximum atomic E-state index is 5.80. The van der Waals surface area contributed by atoms with Crippen LogP contribution < -0.4 is 5.73 Å². The van der Waals surface area contributed by atoms with Gasteiger partial charge in [0, 0.05) is 7.11 Å². The van der Waals surface area contributed by atoms with E-state index in [1.165, 1.54) is 0 Å². The first-order valence-corrected chi connectivity index (χ1v) is 5.40. The van der Waals surface area contributed by atoms with Gasteiger partial charge in [-0.2, -0.15) is 4.98 Å². The van der Waals surface area contributed by atoms with Crippen molar-refractivity contribution in [2.45, 2.75) is 31.4 Å². The van der Waals surface area contributed by atoms with Crippen LogP contribution in [0.2, 0.25) is 0 Å². The van der Waals surface area contributed by atoms with Gasteiger partial charge in [-0.25, -0.2) is 0 Å². The van der Waals surface area contributed by atoms with E-state index in [0.717, 1.165) is 6.42 Å². The van der Waals surface area contributed by atoms with Gasteiger partial charge in [0.25, 0.3) is 0 Å². The lowest BCUT2D eigenvalue weighted by atomic mass is 10.1. The van der Waals surface area contributed by atoms with Crippen molar-refractivity contribution < 1.29 is 14.0 Å². The Kier molecular flexibility index (Phi) is 3.52. The Bertz CT molecular complexity index is 342. The summed E-state index contributed by atoms with van der Waals surface area (Å²) in [5, 5.41) is 3.86. The highest BCUT2D eigenvalue weighted by Gasteiger charge is 2.29. The van der Waals surface area contributed by atoms with Gasteiger partial charge < -0.3 is 19.7 Å². The van der Waals surface area contributed by atoms with Crippen LogP contribution in [-0.2, 0) is 9.47 Å². The third-order valence-electron chi connectivity index (χ3n) is 2.68. The molecule has 1 aliphatic rings. The SMILES string of the molecule is COCC(N)c1noc(C2COC(C)C2)n1. The van der Waals surface area contributed by atoms with Crippen LogP contribution >= 0.6 is 0 Å². The van der Waals surface area contributed by atoms with E-state index in [0.29, 0.717) is 24.9 Å². The highest BCUT2D eigenvalue weighted by atomic mass is 16.5. The highest BCUT2D eigenvalue weighted by Crippen LogP contribution is 2.28. The van der Waals surface area contributed by atoms with Crippen molar-refractivity contribution >= 4 is 0 Å². The number of ether oxygens (including phenoxy) is 2. The van der Waals surface area contributed by atoms with Crippen molar-refractivity contribution in [3.05, 3.63) is 11.7 Å². The van der Waals surface area contributed by atoms with Gasteiger partial charge in [0.1, 0.15) is 0 Å². The maximum absolute atomic E-state index is 5.80. The van der Waals surface area contributed by atoms with Gasteiger partial charge in [0.2, 0.25) is 5.89 Å². The van der Waals surface area contributed by atoms with E-state index in [1.54, 1.807) is 7.11 Å². The fraction of sp³-hybridized carbons (Fsp3) is 0.800. The average molecular weight is 227 g/mol. The summed E-state index contributed by atoms with van der Waals surface area (Å²) in [5.74, 6) is 1.31. The zero-order chi connectivity index (χ0) is 11.5. The lowest BCUT2D eigenvalue weighted by Crippen LogP contribution is -2.17. The minimum atomic E-state index is -0.331. The van der Waals surface area contributed by atoms with Gasteiger partial charge in [-0.05, 0) is 13.3 Å². The molecule has 0 saturated carbocycles. The summed E-state index contributed by atoms with van der Waals surface area (Å²) in [6.45, 7) is 3.06. The molecule has 2 heterocycles. The Morgan fingerprint density at radius 2 is 2.44 bits per heavy atom. The number of aromatic nitrogens is 2. The maximum Gasteiger partial charge on any atom is 0.232 e. The van der Waals surface area contributed by atoms with Crippen LogP contribution in [0.25, 0.3) is 0 Å². The van der Waals surface area contributed by atoms with E-state index in [4.69, 9.17) is 19.7 Å². The van der Waals surface area contributed by atoms with Crippen LogP contribution in [0.1, 0.15) is 37.0 Å². The van der Waals surface area contributed by atoms with E-state index in [2.05, 4.69) is 10.1 Å². The van der Waals surface area contributed by atoms with E-state index in [1.807, 2.05) is 6.92 Å². The topological polar surface area (TPSA) is 83.4 Å². The van der Waals surface area contributed by atoms with Gasteiger partial charge in [-0.3, -0.25) is 0 Å². The van der Waals surface area contributed by atoms with Crippen LogP contribution in [0.15, 0.2) is 4.52 Å². The summed E-state index contributed by atoms with van der Waals surface area (Å²) in [4.78, 5) is 4.28. The molecule has 3 unspecified atom stereocenters. The molecule has 6 nitrogen and oxygen atoms in total. The molecule has 1 fully saturated rings. The molecular weight excluding hydrogens is 210 g/mol. The Morgan fingerprint density at radius 3 is 3.06 bits per heavy atom. The van der Waals surface area contributed by atoms with E-state index >= 15 is 0 Å². The number of nitrogens with zero attached hydrogens (tertiary/aromatic N) is 2. The third-order valence-corrected chi connectivity index (χ3v) is 2.68. The van der Waals surface area contributed by atoms with Crippen molar-refractivity contribution in [2.75, 3.05) is 20.3 Å². The van der Waals surface area contributed by atoms with E-state index in [-0.39, 0.29) is 18.1 Å². The first kappa shape index (κ1) is 11.5. The Balaban J connectivity index is 2.01. The van der Waals surface area contributed by atoms with Gasteiger partial charge in [-0.15, -0.1) is 0 Å². The molecule has 16 heavy (non-hydrogen) atoms. The molecule has 0 bridgehead atoms. The van der Waals surface area contributed by atoms with Crippen LogP contribution in [0, 0.1) is 0 Å². The number of nitrogens with two attached hydrogens (primary N) is 1. The average Bonchev–Trinajstić information content (AvgIpc) is 2.85. The minimum absolute atomic E-state index is 0.200. The fourth-order valence-corrected chi connectivity index (χ4v) is 1.81. The Morgan fingerprint density at radius 1 is 1.62 bits per heavy atom. The van der Waals surface area contributed by atoms with Crippen LogP contribution in [0.3, 0.4) is 0 Å². The van der Waals surface area contributed by atoms with E-state index in [9.17, 15) is 0 Å². The third kappa shape index (κ3) is 2.40. The Hall–Kier alpha value is -0.980. The van der Waals surface area contributed by atoms with E-state index < -0.39 is 0 Å². The zero-order valence-electron chi connectivity index (χ0n) is 9.55. The first-order chi connectivity index (χ1) is 7.70. The lowest BCUT2D eigenvalue weighted by Gasteiger charge is -2.03. The monoisotopic (exact) mass is 227 g/mol. The number of rotatable bonds is 4. The molecule has 2 rings (SSSR count). The van der Waals surface area contributed by atoms with Gasteiger partial charge in [0.15, 0.2) is 5.82 Å². The van der Waals surface area contributed by atoms with Gasteiger partial charge in [0.05, 0.1) is 31.3 Å². The number of methoxy groups -OCH3 is 1. The second-order valence-electron chi connectivity index (χ2n) is 4.13. The van der Waals surface area contributed by atoms with Gasteiger partial charge >= 0.3 is 0 Å². The summed E-state index contributed by atoms with van der Waals surface area (Å²) in [6.07, 6.45) is 1.18. The molecule has 90 valence electrons. The van der Waals surface area contributed by atoms with Crippen LogP contribution in [0.4, 0.5) is 0 Å². The molecule has 1 aromatic rings. The smallest absolute Gasteiger partial charge is 0.232 e. The largest absolute Gasteiger partial charge is 0.383 e. The van der Waals surface area contributed by atoms with Crippen molar-refractivity contribution in [3.63, 3.8) is 0 Å². The lowest BCUT2D eigenvalue weighted by molar-refractivity contribution is 0.122. The number of hydrogen-bond donors (Lipinski definition) is 1. The molecule has 0 aromatic carbocycles. The van der Waals surface area contributed by atoms with Gasteiger partial charge in [-0.1, -0.05) is 5.16 Å². The van der Waals surface area contributed by atoms with Crippen molar-refractivity contribution in [3.8, 4) is 0 Å². The minimum Gasteiger partial charge on any atom is -0.383 e. The predicted octanol–water partition coefficient (Wildman–Crippen LogP) is 0.608. The summed E-state index contributed by atoms with van der Waals surface area (Å²) >= 11 is 0. The Labute approximate surface area is 94.1 Å². The molecule has 2 N–H and O–H groups in total. The van der Waals surface area contributed by atoms with Crippen LogP contribution in [-0.4, -0.2) is 36.6 Å². The highest BCUT2D eigenvalue weighted by molar-refractivity contribution is 5.00. The fourth-order valence-electron chi connectivity index (χ4n) is 1.81. The molecule has 0 radical (unpaired) electrons. The second kappa shape index (κ2) is 4.90. The molecule has 6 heteroatoms. The number of hydrogen-bond acceptors (Lipinski definition) is 6. The molecule has 0 amide bonds. The standard InChI is InChI=1S/C10H17N3O3/c1-6-3-7(4-15-6)10-12-9(13-16-10)8(11)5-14-2/h6-8H,3-5,11H2,1-2H3. The van der Waals surface area contributed by atoms with Crippen molar-refractivity contribution in [1.82, 2.24) is 10.1 Å². The quantitative estimate of drug-likeness (QED) is 0.811. The predicted molar refractivity (Wildman–Crippen MR) is 55.9 cm³/mol.